The van der Waals surface area contributed by atoms with E-state index in [1.165, 1.54) is 12.1 Å². The number of nitrogens with one attached hydrogen (secondary N) is 1. The highest BCUT2D eigenvalue weighted by Gasteiger charge is 2.31. The van der Waals surface area contributed by atoms with Crippen molar-refractivity contribution in [3.8, 4) is 5.75 Å². The van der Waals surface area contributed by atoms with Gasteiger partial charge in [0, 0.05) is 32.2 Å². The number of aromatic nitrogens is 1. The van der Waals surface area contributed by atoms with Crippen LogP contribution in [-0.4, -0.2) is 55.2 Å². The predicted molar refractivity (Wildman–Crippen MR) is 99.7 cm³/mol. The molecule has 1 unspecified atom stereocenters. The number of halogens is 1. The van der Waals surface area contributed by atoms with Gasteiger partial charge in [0.05, 0.1) is 16.9 Å². The second-order valence-corrected chi connectivity index (χ2v) is 7.12. The minimum Gasteiger partial charge on any atom is -0.487 e. The normalized spacial score (nSPS) is 19.9. The topological polar surface area (TPSA) is 92.8 Å². The van der Waals surface area contributed by atoms with E-state index in [0.717, 1.165) is 13.1 Å². The number of rotatable bonds is 2. The van der Waals surface area contributed by atoms with Crippen LogP contribution in [0.5, 0.6) is 5.75 Å². The predicted octanol–water partition coefficient (Wildman–Crippen LogP) is 0.449. The molecular formula is C18H22FN5O3. The summed E-state index contributed by atoms with van der Waals surface area (Å²) in [6.07, 6.45) is 0. The number of pyridine rings is 1. The lowest BCUT2D eigenvalue weighted by Gasteiger charge is -2.37. The Balaban J connectivity index is 2.02. The fourth-order valence-corrected chi connectivity index (χ4v) is 3.87. The minimum atomic E-state index is -0.570. The van der Waals surface area contributed by atoms with Gasteiger partial charge in [-0.3, -0.25) is 15.0 Å². The molecule has 1 aromatic carbocycles. The van der Waals surface area contributed by atoms with Crippen LogP contribution in [0.15, 0.2) is 16.9 Å². The van der Waals surface area contributed by atoms with Crippen molar-refractivity contribution in [2.24, 2.45) is 5.84 Å². The molecule has 2 aromatic rings. The monoisotopic (exact) mass is 375 g/mol. The van der Waals surface area contributed by atoms with Crippen LogP contribution in [-0.2, 0) is 0 Å². The largest absolute Gasteiger partial charge is 0.487 e. The maximum atomic E-state index is 15.0. The second-order valence-electron chi connectivity index (χ2n) is 7.12. The molecule has 27 heavy (non-hydrogen) atoms. The molecule has 0 aliphatic carbocycles. The van der Waals surface area contributed by atoms with Crippen LogP contribution < -0.4 is 26.3 Å². The Hall–Kier alpha value is -2.65. The van der Waals surface area contributed by atoms with E-state index in [-0.39, 0.29) is 23.7 Å². The fourth-order valence-electron chi connectivity index (χ4n) is 3.87. The van der Waals surface area contributed by atoms with Crippen molar-refractivity contribution >= 4 is 22.5 Å². The smallest absolute Gasteiger partial charge is 0.281 e. The number of anilines is 1. The van der Waals surface area contributed by atoms with Gasteiger partial charge in [0.2, 0.25) is 0 Å². The number of nitrogens with two attached hydrogens (primary N) is 1. The number of ether oxygens (including phenoxy) is 1. The van der Waals surface area contributed by atoms with Crippen molar-refractivity contribution in [1.29, 1.82) is 0 Å². The van der Waals surface area contributed by atoms with Crippen LogP contribution in [0.4, 0.5) is 10.1 Å². The van der Waals surface area contributed by atoms with Crippen molar-refractivity contribution in [1.82, 2.24) is 14.9 Å². The molecule has 1 amide bonds. The standard InChI is InChI=1S/C18H22FN5O3/c1-10-9-27-17-15-11(14(25)8-13(24(10)15)18(26)21-20)7-12(19)16(17)23-5-3-22(2)4-6-23/h7-8,10H,3-6,9,20H2,1-2H3,(H,21,26). The molecule has 2 aliphatic rings. The Morgan fingerprint density at radius 1 is 1.30 bits per heavy atom. The Labute approximate surface area is 155 Å². The zero-order valence-corrected chi connectivity index (χ0v) is 15.3. The van der Waals surface area contributed by atoms with Crippen molar-refractivity contribution in [2.45, 2.75) is 13.0 Å². The van der Waals surface area contributed by atoms with Crippen molar-refractivity contribution in [3.05, 3.63) is 33.9 Å². The second kappa shape index (κ2) is 6.50. The van der Waals surface area contributed by atoms with Gasteiger partial charge in [-0.25, -0.2) is 10.2 Å². The van der Waals surface area contributed by atoms with E-state index < -0.39 is 17.2 Å². The Morgan fingerprint density at radius 3 is 2.67 bits per heavy atom. The molecule has 1 saturated heterocycles. The molecular weight excluding hydrogens is 353 g/mol. The molecule has 0 radical (unpaired) electrons. The highest BCUT2D eigenvalue weighted by atomic mass is 19.1. The quantitative estimate of drug-likeness (QED) is 0.450. The molecule has 4 rings (SSSR count). The van der Waals surface area contributed by atoms with Gasteiger partial charge in [-0.15, -0.1) is 0 Å². The number of amides is 1. The van der Waals surface area contributed by atoms with Crippen molar-refractivity contribution < 1.29 is 13.9 Å². The first-order valence-electron chi connectivity index (χ1n) is 8.91. The Bertz CT molecular complexity index is 981. The molecule has 9 heteroatoms. The van der Waals surface area contributed by atoms with E-state index in [1.54, 1.807) is 4.57 Å². The molecule has 144 valence electrons. The lowest BCUT2D eigenvalue weighted by Crippen LogP contribution is -2.45. The SMILES string of the molecule is CC1COc2c(N3CCN(C)CC3)c(F)cc3c(=O)cc(C(=O)NN)n1c23. The molecule has 8 nitrogen and oxygen atoms in total. The number of nitrogens with zero attached hydrogens (tertiary/aromatic N) is 3. The van der Waals surface area contributed by atoms with E-state index >= 15 is 4.39 Å². The minimum absolute atomic E-state index is 0.142. The van der Waals surface area contributed by atoms with E-state index in [2.05, 4.69) is 10.3 Å². The summed E-state index contributed by atoms with van der Waals surface area (Å²) < 4.78 is 22.6. The number of hydrazine groups is 1. The van der Waals surface area contributed by atoms with E-state index in [1.807, 2.05) is 18.9 Å². The molecule has 1 aromatic heterocycles. The number of carbonyl (C=O) groups excluding carboxylic acids is 1. The van der Waals surface area contributed by atoms with Crippen molar-refractivity contribution in [3.63, 3.8) is 0 Å². The fraction of sp³-hybridized carbons (Fsp3) is 0.444. The number of benzene rings is 1. The van der Waals surface area contributed by atoms with E-state index in [0.29, 0.717) is 30.0 Å². The van der Waals surface area contributed by atoms with E-state index in [4.69, 9.17) is 10.6 Å². The van der Waals surface area contributed by atoms with Crippen LogP contribution in [0.25, 0.3) is 10.9 Å². The Morgan fingerprint density at radius 2 is 2.00 bits per heavy atom. The summed E-state index contributed by atoms with van der Waals surface area (Å²) >= 11 is 0. The highest BCUT2D eigenvalue weighted by Crippen LogP contribution is 2.42. The Kier molecular flexibility index (Phi) is 4.27. The third-order valence-electron chi connectivity index (χ3n) is 5.31. The summed E-state index contributed by atoms with van der Waals surface area (Å²) in [7, 11) is 2.02. The van der Waals surface area contributed by atoms with Crippen LogP contribution >= 0.6 is 0 Å². The number of hydrogen-bond acceptors (Lipinski definition) is 6. The summed E-state index contributed by atoms with van der Waals surface area (Å²) in [5.74, 6) is 4.54. The number of piperazine rings is 1. The van der Waals surface area contributed by atoms with Gasteiger partial charge in [0.15, 0.2) is 17.0 Å². The van der Waals surface area contributed by atoms with Gasteiger partial charge in [-0.1, -0.05) is 0 Å². The number of carbonyl (C=O) groups is 1. The molecule has 0 spiro atoms. The summed E-state index contributed by atoms with van der Waals surface area (Å²) in [6, 6.07) is 2.24. The molecule has 0 saturated carbocycles. The van der Waals surface area contributed by atoms with Crippen LogP contribution in [0.2, 0.25) is 0 Å². The third-order valence-corrected chi connectivity index (χ3v) is 5.31. The summed E-state index contributed by atoms with van der Waals surface area (Å²) in [5.41, 5.74) is 2.56. The van der Waals surface area contributed by atoms with Crippen molar-refractivity contribution in [2.75, 3.05) is 44.7 Å². The average molecular weight is 375 g/mol. The summed E-state index contributed by atoms with van der Waals surface area (Å²) in [4.78, 5) is 28.9. The van der Waals surface area contributed by atoms with Crippen LogP contribution in [0, 0.1) is 5.82 Å². The van der Waals surface area contributed by atoms with E-state index in [9.17, 15) is 9.59 Å². The first-order valence-corrected chi connectivity index (χ1v) is 8.91. The van der Waals surface area contributed by atoms with Crippen LogP contribution in [0.3, 0.4) is 0 Å². The third kappa shape index (κ3) is 2.74. The molecule has 1 atom stereocenters. The molecule has 0 bridgehead atoms. The average Bonchev–Trinajstić information content (AvgIpc) is 2.66. The summed E-state index contributed by atoms with van der Waals surface area (Å²) in [5, 5.41) is 0.195. The maximum Gasteiger partial charge on any atom is 0.281 e. The molecule has 3 N–H and O–H groups in total. The first kappa shape index (κ1) is 17.7. The number of likely N-dealkylation sites (N-methyl/N-ethyl adjacent to an activating group) is 1. The lowest BCUT2D eigenvalue weighted by atomic mass is 10.1. The molecule has 3 heterocycles. The van der Waals surface area contributed by atoms with Gasteiger partial charge >= 0.3 is 0 Å². The van der Waals surface area contributed by atoms with Gasteiger partial charge in [0.1, 0.15) is 18.0 Å². The number of nitrogen functional groups attached to an aromatic ring is 1. The number of hydrogen-bond donors (Lipinski definition) is 2. The first-order chi connectivity index (χ1) is 12.9. The van der Waals surface area contributed by atoms with Gasteiger partial charge in [0.25, 0.3) is 5.91 Å². The molecule has 1 fully saturated rings. The zero-order valence-electron chi connectivity index (χ0n) is 15.3. The zero-order chi connectivity index (χ0) is 19.3. The highest BCUT2D eigenvalue weighted by molar-refractivity contribution is 5.98. The van der Waals surface area contributed by atoms with Gasteiger partial charge < -0.3 is 19.1 Å². The molecule has 2 aliphatic heterocycles. The van der Waals surface area contributed by atoms with Gasteiger partial charge in [-0.05, 0) is 20.0 Å². The summed E-state index contributed by atoms with van der Waals surface area (Å²) in [6.45, 7) is 5.04. The van der Waals surface area contributed by atoms with Crippen LogP contribution in [0.1, 0.15) is 23.5 Å². The lowest BCUT2D eigenvalue weighted by molar-refractivity contribution is 0.0939. The maximum absolute atomic E-state index is 15.0. The van der Waals surface area contributed by atoms with Gasteiger partial charge in [-0.2, -0.15) is 0 Å².